The number of halogens is 2. The zero-order chi connectivity index (χ0) is 15.6. The molecule has 0 aliphatic carbocycles. The van der Waals surface area contributed by atoms with Gasteiger partial charge in [-0.1, -0.05) is 28.1 Å². The van der Waals surface area contributed by atoms with Crippen molar-refractivity contribution < 1.29 is 13.5 Å². The first-order valence-electron chi connectivity index (χ1n) is 6.02. The maximum atomic E-state index is 12.5. The van der Waals surface area contributed by atoms with Gasteiger partial charge in [-0.25, -0.2) is 8.42 Å². The van der Waals surface area contributed by atoms with E-state index >= 15 is 0 Å². The van der Waals surface area contributed by atoms with Crippen LogP contribution in [0.15, 0.2) is 50.2 Å². The zero-order valence-corrected chi connectivity index (χ0v) is 15.1. The lowest BCUT2D eigenvalue weighted by Crippen LogP contribution is -2.15. The van der Waals surface area contributed by atoms with Gasteiger partial charge in [0.2, 0.25) is 0 Å². The number of rotatable bonds is 4. The van der Waals surface area contributed by atoms with E-state index in [1.807, 2.05) is 0 Å². The molecule has 0 radical (unpaired) electrons. The number of aliphatic hydroxyl groups excluding tert-OH is 1. The molecule has 2 aromatic carbocycles. The van der Waals surface area contributed by atoms with E-state index in [4.69, 9.17) is 0 Å². The summed E-state index contributed by atoms with van der Waals surface area (Å²) >= 11 is 6.64. The summed E-state index contributed by atoms with van der Waals surface area (Å²) < 4.78 is 29.0. The quantitative estimate of drug-likeness (QED) is 0.768. The Labute approximate surface area is 140 Å². The van der Waals surface area contributed by atoms with Crippen molar-refractivity contribution in [1.29, 1.82) is 0 Å². The molecule has 7 heteroatoms. The Morgan fingerprint density at radius 2 is 1.90 bits per heavy atom. The van der Waals surface area contributed by atoms with Crippen LogP contribution in [0.1, 0.15) is 11.1 Å². The number of nitrogens with one attached hydrogen (secondary N) is 1. The maximum absolute atomic E-state index is 12.5. The first-order chi connectivity index (χ1) is 9.85. The van der Waals surface area contributed by atoms with E-state index < -0.39 is 10.0 Å². The predicted octanol–water partition coefficient (Wildman–Crippen LogP) is 3.81. The molecule has 4 nitrogen and oxygen atoms in total. The molecule has 2 aromatic rings. The molecule has 2 N–H and O–H groups in total. The van der Waals surface area contributed by atoms with Gasteiger partial charge in [-0.3, -0.25) is 4.72 Å². The second kappa shape index (κ2) is 6.48. The molecule has 0 aliphatic heterocycles. The highest BCUT2D eigenvalue weighted by Gasteiger charge is 2.19. The average Bonchev–Trinajstić information content (AvgIpc) is 2.42. The second-order valence-electron chi connectivity index (χ2n) is 4.43. The van der Waals surface area contributed by atoms with E-state index in [1.165, 1.54) is 6.07 Å². The molecule has 0 bridgehead atoms. The number of hydrogen-bond donors (Lipinski definition) is 2. The van der Waals surface area contributed by atoms with Gasteiger partial charge in [0.1, 0.15) is 0 Å². The minimum Gasteiger partial charge on any atom is -0.392 e. The van der Waals surface area contributed by atoms with Gasteiger partial charge in [-0.05, 0) is 58.2 Å². The topological polar surface area (TPSA) is 66.4 Å². The van der Waals surface area contributed by atoms with Gasteiger partial charge < -0.3 is 5.11 Å². The smallest absolute Gasteiger partial charge is 0.262 e. The Bertz CT molecular complexity index is 776. The van der Waals surface area contributed by atoms with Crippen molar-refractivity contribution in [3.63, 3.8) is 0 Å². The van der Waals surface area contributed by atoms with Crippen LogP contribution >= 0.6 is 31.9 Å². The van der Waals surface area contributed by atoms with Crippen LogP contribution in [0.3, 0.4) is 0 Å². The van der Waals surface area contributed by atoms with Crippen molar-refractivity contribution in [3.05, 3.63) is 56.5 Å². The summed E-state index contributed by atoms with van der Waals surface area (Å²) in [6.45, 7) is 1.48. The number of sulfonamides is 1. The summed E-state index contributed by atoms with van der Waals surface area (Å²) in [6, 6.07) is 10.0. The van der Waals surface area contributed by atoms with Crippen LogP contribution in [-0.4, -0.2) is 13.5 Å². The zero-order valence-electron chi connectivity index (χ0n) is 11.1. The summed E-state index contributed by atoms with van der Waals surface area (Å²) in [5.41, 5.74) is 1.58. The Kier molecular flexibility index (Phi) is 5.08. The Morgan fingerprint density at radius 1 is 1.19 bits per heavy atom. The molecule has 0 heterocycles. The number of benzene rings is 2. The van der Waals surface area contributed by atoms with Crippen molar-refractivity contribution in [1.82, 2.24) is 0 Å². The molecule has 0 fully saturated rings. The molecule has 0 atom stereocenters. The van der Waals surface area contributed by atoms with Crippen molar-refractivity contribution in [2.45, 2.75) is 18.4 Å². The fraction of sp³-hybridized carbons (Fsp3) is 0.143. The third kappa shape index (κ3) is 3.66. The summed E-state index contributed by atoms with van der Waals surface area (Å²) in [5.74, 6) is 0. The lowest BCUT2D eigenvalue weighted by molar-refractivity contribution is 0.280. The highest BCUT2D eigenvalue weighted by Crippen LogP contribution is 2.29. The van der Waals surface area contributed by atoms with Crippen LogP contribution in [0.4, 0.5) is 5.69 Å². The van der Waals surface area contributed by atoms with Crippen LogP contribution in [-0.2, 0) is 16.6 Å². The lowest BCUT2D eigenvalue weighted by atomic mass is 10.1. The first kappa shape index (κ1) is 16.5. The molecular formula is C14H13Br2NO3S. The van der Waals surface area contributed by atoms with Gasteiger partial charge in [0, 0.05) is 8.95 Å². The molecule has 0 saturated heterocycles. The minimum absolute atomic E-state index is 0.156. The minimum atomic E-state index is -3.72. The monoisotopic (exact) mass is 433 g/mol. The fourth-order valence-corrected chi connectivity index (χ4v) is 4.54. The van der Waals surface area contributed by atoms with Crippen molar-refractivity contribution >= 4 is 47.6 Å². The van der Waals surface area contributed by atoms with Crippen molar-refractivity contribution in [2.24, 2.45) is 0 Å². The Hall–Kier alpha value is -0.890. The fourth-order valence-electron chi connectivity index (χ4n) is 1.89. The van der Waals surface area contributed by atoms with Gasteiger partial charge in [0.05, 0.1) is 17.2 Å². The molecule has 0 spiro atoms. The molecule has 21 heavy (non-hydrogen) atoms. The van der Waals surface area contributed by atoms with E-state index in [2.05, 4.69) is 36.6 Å². The van der Waals surface area contributed by atoms with Gasteiger partial charge in [-0.15, -0.1) is 0 Å². The standard InChI is InChI=1S/C14H13Br2NO3S/c1-9-10(8-18)3-2-4-14(9)21(19,20)17-13-6-5-11(15)7-12(13)16/h2-7,17-18H,8H2,1H3. The Balaban J connectivity index is 2.43. The summed E-state index contributed by atoms with van der Waals surface area (Å²) in [5, 5.41) is 9.25. The normalized spacial score (nSPS) is 11.4. The average molecular weight is 435 g/mol. The number of aliphatic hydroxyl groups is 1. The van der Waals surface area contributed by atoms with E-state index in [-0.39, 0.29) is 11.5 Å². The third-order valence-electron chi connectivity index (χ3n) is 3.03. The summed E-state index contributed by atoms with van der Waals surface area (Å²) in [6.07, 6.45) is 0. The van der Waals surface area contributed by atoms with Gasteiger partial charge in [-0.2, -0.15) is 0 Å². The largest absolute Gasteiger partial charge is 0.392 e. The Morgan fingerprint density at radius 3 is 2.52 bits per heavy atom. The van der Waals surface area contributed by atoms with Crippen LogP contribution in [0.2, 0.25) is 0 Å². The van der Waals surface area contributed by atoms with E-state index in [0.717, 1.165) is 4.47 Å². The molecule has 0 aliphatic rings. The van der Waals surface area contributed by atoms with E-state index in [0.29, 0.717) is 21.3 Å². The number of anilines is 1. The molecule has 0 saturated carbocycles. The summed E-state index contributed by atoms with van der Waals surface area (Å²) in [7, 11) is -3.72. The lowest BCUT2D eigenvalue weighted by Gasteiger charge is -2.13. The van der Waals surface area contributed by atoms with Crippen LogP contribution in [0.5, 0.6) is 0 Å². The predicted molar refractivity (Wildman–Crippen MR) is 89.8 cm³/mol. The molecule has 2 rings (SSSR count). The second-order valence-corrected chi connectivity index (χ2v) is 7.85. The van der Waals surface area contributed by atoms with E-state index in [9.17, 15) is 13.5 Å². The number of hydrogen-bond acceptors (Lipinski definition) is 3. The summed E-state index contributed by atoms with van der Waals surface area (Å²) in [4.78, 5) is 0.156. The van der Waals surface area contributed by atoms with Crippen molar-refractivity contribution in [2.75, 3.05) is 4.72 Å². The van der Waals surface area contributed by atoms with E-state index in [1.54, 1.807) is 37.3 Å². The SMILES string of the molecule is Cc1c(CO)cccc1S(=O)(=O)Nc1ccc(Br)cc1Br. The van der Waals surface area contributed by atoms with Crippen molar-refractivity contribution in [3.8, 4) is 0 Å². The highest BCUT2D eigenvalue weighted by molar-refractivity contribution is 9.11. The molecule has 0 unspecified atom stereocenters. The van der Waals surface area contributed by atoms with Crippen LogP contribution in [0.25, 0.3) is 0 Å². The van der Waals surface area contributed by atoms with Gasteiger partial charge >= 0.3 is 0 Å². The van der Waals surface area contributed by atoms with Gasteiger partial charge in [0.15, 0.2) is 0 Å². The molecule has 112 valence electrons. The van der Waals surface area contributed by atoms with Gasteiger partial charge in [0.25, 0.3) is 10.0 Å². The van der Waals surface area contributed by atoms with Crippen LogP contribution in [0, 0.1) is 6.92 Å². The molecule has 0 amide bonds. The third-order valence-corrected chi connectivity index (χ3v) is 5.69. The molecular weight excluding hydrogens is 422 g/mol. The highest BCUT2D eigenvalue weighted by atomic mass is 79.9. The molecule has 0 aromatic heterocycles. The first-order valence-corrected chi connectivity index (χ1v) is 9.09. The van der Waals surface area contributed by atoms with Crippen LogP contribution < -0.4 is 4.72 Å². The maximum Gasteiger partial charge on any atom is 0.262 e.